The highest BCUT2D eigenvalue weighted by molar-refractivity contribution is 5.93. The first-order valence-corrected chi connectivity index (χ1v) is 4.89. The minimum atomic E-state index is -0.414. The maximum absolute atomic E-state index is 13.4. The number of hydrogen-bond acceptors (Lipinski definition) is 2. The van der Waals surface area contributed by atoms with E-state index in [9.17, 15) is 9.18 Å². The van der Waals surface area contributed by atoms with Crippen molar-refractivity contribution in [3.05, 3.63) is 47.0 Å². The molecule has 1 amide bonds. The van der Waals surface area contributed by atoms with Gasteiger partial charge in [0.25, 0.3) is 0 Å². The quantitative estimate of drug-likeness (QED) is 0.607. The van der Waals surface area contributed by atoms with E-state index in [0.29, 0.717) is 11.8 Å². The summed E-state index contributed by atoms with van der Waals surface area (Å²) in [6.45, 7) is 1.84. The fourth-order valence-electron chi connectivity index (χ4n) is 1.39. The molecule has 16 heavy (non-hydrogen) atoms. The Morgan fingerprint density at radius 3 is 2.81 bits per heavy atom. The van der Waals surface area contributed by atoms with E-state index in [1.807, 2.05) is 6.92 Å². The summed E-state index contributed by atoms with van der Waals surface area (Å²) in [7, 11) is 1.46. The largest absolute Gasteiger partial charge is 0.515 e. The summed E-state index contributed by atoms with van der Waals surface area (Å²) in [6, 6.07) is 4.66. The van der Waals surface area contributed by atoms with Gasteiger partial charge in [-0.2, -0.15) is 0 Å². The zero-order chi connectivity index (χ0) is 12.1. The molecule has 0 unspecified atom stereocenters. The summed E-state index contributed by atoms with van der Waals surface area (Å²) < 4.78 is 13.4. The number of likely N-dealkylation sites (N-methyl/N-ethyl adjacent to an activating group) is 1. The standard InChI is InChI=1S/C12H14FNO2/c1-8-3-4-11(13)9(5-8)6-10(7-15)12(16)14-2/h3-5,7,15H,6H2,1-2H3,(H,14,16). The predicted octanol–water partition coefficient (Wildman–Crippen LogP) is 1.86. The number of benzene rings is 1. The van der Waals surface area contributed by atoms with Gasteiger partial charge in [-0.25, -0.2) is 4.39 Å². The molecule has 0 aliphatic carbocycles. The van der Waals surface area contributed by atoms with Crippen molar-refractivity contribution in [2.75, 3.05) is 7.05 Å². The second-order valence-corrected chi connectivity index (χ2v) is 3.51. The average Bonchev–Trinajstić information content (AvgIpc) is 2.29. The Kier molecular flexibility index (Phi) is 4.05. The Hall–Kier alpha value is -1.84. The Morgan fingerprint density at radius 2 is 2.25 bits per heavy atom. The van der Waals surface area contributed by atoms with Crippen molar-refractivity contribution in [2.45, 2.75) is 13.3 Å². The topological polar surface area (TPSA) is 49.3 Å². The van der Waals surface area contributed by atoms with Crippen molar-refractivity contribution in [1.82, 2.24) is 5.32 Å². The molecule has 4 heteroatoms. The van der Waals surface area contributed by atoms with Crippen LogP contribution in [0.3, 0.4) is 0 Å². The lowest BCUT2D eigenvalue weighted by Crippen LogP contribution is -2.21. The molecular weight excluding hydrogens is 209 g/mol. The summed E-state index contributed by atoms with van der Waals surface area (Å²) >= 11 is 0. The van der Waals surface area contributed by atoms with Gasteiger partial charge in [-0.3, -0.25) is 4.79 Å². The van der Waals surface area contributed by atoms with Gasteiger partial charge in [0.2, 0.25) is 5.91 Å². The van der Waals surface area contributed by atoms with Gasteiger partial charge in [0.1, 0.15) is 5.82 Å². The summed E-state index contributed by atoms with van der Waals surface area (Å²) in [5.41, 5.74) is 1.43. The van der Waals surface area contributed by atoms with Crippen LogP contribution in [-0.2, 0) is 11.2 Å². The van der Waals surface area contributed by atoms with Crippen molar-refractivity contribution in [2.24, 2.45) is 0 Å². The van der Waals surface area contributed by atoms with Crippen molar-refractivity contribution >= 4 is 5.91 Å². The van der Waals surface area contributed by atoms with Crippen molar-refractivity contribution in [3.63, 3.8) is 0 Å². The van der Waals surface area contributed by atoms with Crippen molar-refractivity contribution in [3.8, 4) is 0 Å². The van der Waals surface area contributed by atoms with E-state index in [4.69, 9.17) is 5.11 Å². The first-order chi connectivity index (χ1) is 7.58. The van der Waals surface area contributed by atoms with E-state index >= 15 is 0 Å². The molecule has 0 fully saturated rings. The molecule has 0 saturated heterocycles. The van der Waals surface area contributed by atoms with Gasteiger partial charge in [0.15, 0.2) is 0 Å². The highest BCUT2D eigenvalue weighted by Gasteiger charge is 2.11. The van der Waals surface area contributed by atoms with Crippen LogP contribution in [0.15, 0.2) is 30.0 Å². The lowest BCUT2D eigenvalue weighted by atomic mass is 10.0. The molecule has 0 aliphatic rings. The molecule has 86 valence electrons. The maximum Gasteiger partial charge on any atom is 0.250 e. The molecule has 0 aliphatic heterocycles. The van der Waals surface area contributed by atoms with Crippen LogP contribution < -0.4 is 5.32 Å². The number of amides is 1. The SMILES string of the molecule is CNC(=O)C(=CO)Cc1cc(C)ccc1F. The maximum atomic E-state index is 13.4. The second-order valence-electron chi connectivity index (χ2n) is 3.51. The summed E-state index contributed by atoms with van der Waals surface area (Å²) in [4.78, 5) is 11.3. The van der Waals surface area contributed by atoms with Crippen LogP contribution in [0.4, 0.5) is 4.39 Å². The minimum absolute atomic E-state index is 0.0731. The number of aliphatic hydroxyl groups is 1. The van der Waals surface area contributed by atoms with Gasteiger partial charge in [-0.15, -0.1) is 0 Å². The molecule has 0 spiro atoms. The summed E-state index contributed by atoms with van der Waals surface area (Å²) in [6.07, 6.45) is 0.782. The summed E-state index contributed by atoms with van der Waals surface area (Å²) in [5.74, 6) is -0.794. The monoisotopic (exact) mass is 223 g/mol. The first kappa shape index (κ1) is 12.2. The Bertz CT molecular complexity index is 427. The molecule has 1 aromatic carbocycles. The normalized spacial score (nSPS) is 11.3. The van der Waals surface area contributed by atoms with Crippen LogP contribution >= 0.6 is 0 Å². The minimum Gasteiger partial charge on any atom is -0.515 e. The molecule has 1 aromatic rings. The van der Waals surface area contributed by atoms with Gasteiger partial charge >= 0.3 is 0 Å². The van der Waals surface area contributed by atoms with Crippen molar-refractivity contribution < 1.29 is 14.3 Å². The van der Waals surface area contributed by atoms with Gasteiger partial charge in [0, 0.05) is 13.5 Å². The van der Waals surface area contributed by atoms with Crippen LogP contribution in [-0.4, -0.2) is 18.1 Å². The van der Waals surface area contributed by atoms with E-state index in [1.165, 1.54) is 13.1 Å². The van der Waals surface area contributed by atoms with Crippen LogP contribution in [0.1, 0.15) is 11.1 Å². The second kappa shape index (κ2) is 5.30. The molecule has 2 N–H and O–H groups in total. The van der Waals surface area contributed by atoms with E-state index < -0.39 is 5.91 Å². The molecule has 0 saturated carbocycles. The highest BCUT2D eigenvalue weighted by atomic mass is 19.1. The van der Waals surface area contributed by atoms with Crippen molar-refractivity contribution in [1.29, 1.82) is 0 Å². The molecule has 0 aromatic heterocycles. The van der Waals surface area contributed by atoms with E-state index in [2.05, 4.69) is 5.32 Å². The smallest absolute Gasteiger partial charge is 0.250 e. The molecule has 0 bridgehead atoms. The third-order valence-electron chi connectivity index (χ3n) is 2.26. The number of nitrogens with one attached hydrogen (secondary N) is 1. The molecule has 0 atom stereocenters. The first-order valence-electron chi connectivity index (χ1n) is 4.89. The zero-order valence-electron chi connectivity index (χ0n) is 9.25. The summed E-state index contributed by atoms with van der Waals surface area (Å²) in [5, 5.41) is 11.3. The zero-order valence-corrected chi connectivity index (χ0v) is 9.25. The van der Waals surface area contributed by atoms with Crippen LogP contribution in [0.25, 0.3) is 0 Å². The van der Waals surface area contributed by atoms with Gasteiger partial charge in [-0.05, 0) is 18.6 Å². The number of aliphatic hydroxyl groups excluding tert-OH is 1. The number of hydrogen-bond donors (Lipinski definition) is 2. The predicted molar refractivity (Wildman–Crippen MR) is 59.6 cm³/mol. The Labute approximate surface area is 93.6 Å². The highest BCUT2D eigenvalue weighted by Crippen LogP contribution is 2.14. The number of aryl methyl sites for hydroxylation is 1. The van der Waals surface area contributed by atoms with E-state index in [1.54, 1.807) is 12.1 Å². The van der Waals surface area contributed by atoms with Gasteiger partial charge < -0.3 is 10.4 Å². The molecule has 0 radical (unpaired) electrons. The molecule has 3 nitrogen and oxygen atoms in total. The fraction of sp³-hybridized carbons (Fsp3) is 0.250. The number of carbonyl (C=O) groups excluding carboxylic acids is 1. The number of halogens is 1. The van der Waals surface area contributed by atoms with E-state index in [-0.39, 0.29) is 17.8 Å². The van der Waals surface area contributed by atoms with Crippen LogP contribution in [0.2, 0.25) is 0 Å². The van der Waals surface area contributed by atoms with Crippen LogP contribution in [0, 0.1) is 12.7 Å². The lowest BCUT2D eigenvalue weighted by molar-refractivity contribution is -0.117. The van der Waals surface area contributed by atoms with Gasteiger partial charge in [0.05, 0.1) is 11.8 Å². The molecule has 1 rings (SSSR count). The number of carbonyl (C=O) groups is 1. The Morgan fingerprint density at radius 1 is 1.56 bits per heavy atom. The van der Waals surface area contributed by atoms with E-state index in [0.717, 1.165) is 5.56 Å². The third-order valence-corrected chi connectivity index (χ3v) is 2.26. The fourth-order valence-corrected chi connectivity index (χ4v) is 1.39. The third kappa shape index (κ3) is 2.82. The Balaban J connectivity index is 2.95. The molecule has 0 heterocycles. The number of rotatable bonds is 3. The lowest BCUT2D eigenvalue weighted by Gasteiger charge is -2.06. The average molecular weight is 223 g/mol. The molecular formula is C12H14FNO2. The van der Waals surface area contributed by atoms with Gasteiger partial charge in [-0.1, -0.05) is 17.7 Å². The van der Waals surface area contributed by atoms with Crippen LogP contribution in [0.5, 0.6) is 0 Å².